The van der Waals surface area contributed by atoms with Crippen LogP contribution >= 0.6 is 0 Å². The van der Waals surface area contributed by atoms with Crippen molar-refractivity contribution in [3.8, 4) is 0 Å². The van der Waals surface area contributed by atoms with Gasteiger partial charge in [-0.05, 0) is 45.2 Å². The van der Waals surface area contributed by atoms with E-state index in [-0.39, 0.29) is 11.9 Å². The Hall–Kier alpha value is -2.83. The second-order valence-electron chi connectivity index (χ2n) is 6.92. The molecule has 1 aliphatic rings. The van der Waals surface area contributed by atoms with Crippen molar-refractivity contribution in [2.45, 2.75) is 33.6 Å². The Morgan fingerprint density at radius 1 is 1.30 bits per heavy atom. The minimum Gasteiger partial charge on any atom is -0.466 e. The van der Waals surface area contributed by atoms with Crippen LogP contribution in [0, 0.1) is 19.8 Å². The third kappa shape index (κ3) is 4.30. The average molecular weight is 369 g/mol. The molecular formula is C20H27N5O2. The Balaban J connectivity index is 1.73. The van der Waals surface area contributed by atoms with Gasteiger partial charge >= 0.3 is 5.97 Å². The van der Waals surface area contributed by atoms with Crippen LogP contribution in [0.1, 0.15) is 30.9 Å². The Morgan fingerprint density at radius 3 is 2.70 bits per heavy atom. The number of ether oxygens (including phenoxy) is 1. The number of anilines is 4. The molecule has 1 aromatic carbocycles. The number of nitrogen functional groups attached to an aromatic ring is 1. The summed E-state index contributed by atoms with van der Waals surface area (Å²) in [5.41, 5.74) is 10.2. The lowest BCUT2D eigenvalue weighted by Crippen LogP contribution is -2.37. The maximum atomic E-state index is 11.9. The number of nitrogens with zero attached hydrogens (tertiary/aromatic N) is 3. The third-order valence-corrected chi connectivity index (χ3v) is 4.91. The third-order valence-electron chi connectivity index (χ3n) is 4.91. The van der Waals surface area contributed by atoms with Crippen molar-refractivity contribution in [1.82, 2.24) is 9.97 Å². The molecule has 3 rings (SSSR count). The normalized spacial score (nSPS) is 14.9. The van der Waals surface area contributed by atoms with Crippen LogP contribution in [-0.2, 0) is 9.53 Å². The topological polar surface area (TPSA) is 93.4 Å². The highest BCUT2D eigenvalue weighted by Gasteiger charge is 2.28. The lowest BCUT2D eigenvalue weighted by molar-refractivity contribution is -0.148. The fraction of sp³-hybridized carbons (Fsp3) is 0.450. The van der Waals surface area contributed by atoms with Crippen molar-refractivity contribution in [3.05, 3.63) is 35.7 Å². The van der Waals surface area contributed by atoms with Crippen LogP contribution in [0.5, 0.6) is 0 Å². The Kier molecular flexibility index (Phi) is 5.78. The predicted octanol–water partition coefficient (Wildman–Crippen LogP) is 3.20. The van der Waals surface area contributed by atoms with Gasteiger partial charge < -0.3 is 20.7 Å². The molecule has 1 saturated heterocycles. The van der Waals surface area contributed by atoms with Gasteiger partial charge in [0.05, 0.1) is 12.5 Å². The first kappa shape index (κ1) is 18.9. The van der Waals surface area contributed by atoms with Crippen LogP contribution in [0.25, 0.3) is 0 Å². The smallest absolute Gasteiger partial charge is 0.309 e. The summed E-state index contributed by atoms with van der Waals surface area (Å²) >= 11 is 0. The SMILES string of the molecule is CCOC(=O)C1CCN(c2ncnc(Nc3ccc(C)cc3C)c2N)CC1. The first-order valence-electron chi connectivity index (χ1n) is 9.36. The van der Waals surface area contributed by atoms with E-state index in [4.69, 9.17) is 10.5 Å². The Labute approximate surface area is 159 Å². The summed E-state index contributed by atoms with van der Waals surface area (Å²) in [5.74, 6) is 1.15. The van der Waals surface area contributed by atoms with Gasteiger partial charge in [-0.25, -0.2) is 9.97 Å². The average Bonchev–Trinajstić information content (AvgIpc) is 2.66. The van der Waals surface area contributed by atoms with Gasteiger partial charge in [-0.2, -0.15) is 0 Å². The molecule has 2 heterocycles. The fourth-order valence-corrected chi connectivity index (χ4v) is 3.41. The van der Waals surface area contributed by atoms with Gasteiger partial charge in [0, 0.05) is 18.8 Å². The van der Waals surface area contributed by atoms with E-state index in [1.165, 1.54) is 11.9 Å². The quantitative estimate of drug-likeness (QED) is 0.782. The molecular weight excluding hydrogens is 342 g/mol. The number of benzene rings is 1. The number of esters is 1. The first-order valence-corrected chi connectivity index (χ1v) is 9.36. The number of aromatic nitrogens is 2. The highest BCUT2D eigenvalue weighted by molar-refractivity contribution is 5.79. The van der Waals surface area contributed by atoms with Crippen molar-refractivity contribution in [2.75, 3.05) is 35.6 Å². The van der Waals surface area contributed by atoms with Crippen LogP contribution in [-0.4, -0.2) is 35.6 Å². The Morgan fingerprint density at radius 2 is 2.04 bits per heavy atom. The molecule has 0 unspecified atom stereocenters. The Bertz CT molecular complexity index is 816. The van der Waals surface area contributed by atoms with Crippen LogP contribution in [0.4, 0.5) is 23.0 Å². The van der Waals surface area contributed by atoms with Crippen molar-refractivity contribution < 1.29 is 9.53 Å². The van der Waals surface area contributed by atoms with Crippen molar-refractivity contribution in [2.24, 2.45) is 5.92 Å². The van der Waals surface area contributed by atoms with E-state index in [9.17, 15) is 4.79 Å². The molecule has 0 amide bonds. The van der Waals surface area contributed by atoms with Crippen LogP contribution < -0.4 is 16.0 Å². The molecule has 1 aliphatic heterocycles. The minimum atomic E-state index is -0.106. The van der Waals surface area contributed by atoms with Crippen molar-refractivity contribution >= 4 is 29.0 Å². The highest BCUT2D eigenvalue weighted by Crippen LogP contribution is 2.32. The minimum absolute atomic E-state index is 0.0444. The van der Waals surface area contributed by atoms with Crippen molar-refractivity contribution in [1.29, 1.82) is 0 Å². The van der Waals surface area contributed by atoms with Gasteiger partial charge in [0.25, 0.3) is 0 Å². The zero-order valence-corrected chi connectivity index (χ0v) is 16.2. The molecule has 27 heavy (non-hydrogen) atoms. The highest BCUT2D eigenvalue weighted by atomic mass is 16.5. The molecule has 0 aliphatic carbocycles. The number of nitrogens with one attached hydrogen (secondary N) is 1. The summed E-state index contributed by atoms with van der Waals surface area (Å²) in [6.45, 7) is 7.80. The van der Waals surface area contributed by atoms with Crippen molar-refractivity contribution in [3.63, 3.8) is 0 Å². The van der Waals surface area contributed by atoms with Gasteiger partial charge in [0.1, 0.15) is 12.0 Å². The van der Waals surface area contributed by atoms with E-state index >= 15 is 0 Å². The molecule has 0 bridgehead atoms. The van der Waals surface area contributed by atoms with E-state index in [1.807, 2.05) is 26.0 Å². The summed E-state index contributed by atoms with van der Waals surface area (Å²) < 4.78 is 5.13. The van der Waals surface area contributed by atoms with E-state index in [1.54, 1.807) is 0 Å². The number of hydrogen-bond donors (Lipinski definition) is 2. The number of hydrogen-bond acceptors (Lipinski definition) is 7. The summed E-state index contributed by atoms with van der Waals surface area (Å²) in [5, 5.41) is 3.31. The van der Waals surface area contributed by atoms with Gasteiger partial charge in [-0.1, -0.05) is 17.7 Å². The largest absolute Gasteiger partial charge is 0.466 e. The van der Waals surface area contributed by atoms with Gasteiger partial charge in [0.2, 0.25) is 0 Å². The molecule has 3 N–H and O–H groups in total. The van der Waals surface area contributed by atoms with E-state index in [0.29, 0.717) is 37.0 Å². The van der Waals surface area contributed by atoms with Gasteiger partial charge in [-0.3, -0.25) is 4.79 Å². The first-order chi connectivity index (χ1) is 13.0. The standard InChI is InChI=1S/C20H27N5O2/c1-4-27-20(26)15-7-9-25(10-8-15)19-17(21)18(22-12-23-19)24-16-6-5-13(2)11-14(16)3/h5-6,11-12,15H,4,7-10,21H2,1-3H3,(H,22,23,24). The molecule has 1 aromatic heterocycles. The van der Waals surface area contributed by atoms with E-state index < -0.39 is 0 Å². The monoisotopic (exact) mass is 369 g/mol. The maximum absolute atomic E-state index is 11.9. The number of piperidine rings is 1. The van der Waals surface area contributed by atoms with Crippen LogP contribution in [0.2, 0.25) is 0 Å². The molecule has 2 aromatic rings. The van der Waals surface area contributed by atoms with Gasteiger partial charge in [-0.15, -0.1) is 0 Å². The number of rotatable bonds is 5. The number of carbonyl (C=O) groups is 1. The van der Waals surface area contributed by atoms with Crippen LogP contribution in [0.3, 0.4) is 0 Å². The second-order valence-corrected chi connectivity index (χ2v) is 6.92. The van der Waals surface area contributed by atoms with E-state index in [2.05, 4.69) is 33.2 Å². The molecule has 144 valence electrons. The molecule has 0 saturated carbocycles. The summed E-state index contributed by atoms with van der Waals surface area (Å²) in [4.78, 5) is 22.7. The predicted molar refractivity (Wildman–Crippen MR) is 107 cm³/mol. The van der Waals surface area contributed by atoms with Crippen LogP contribution in [0.15, 0.2) is 24.5 Å². The second kappa shape index (κ2) is 8.24. The molecule has 0 radical (unpaired) electrons. The molecule has 7 heteroatoms. The molecule has 0 spiro atoms. The number of nitrogens with two attached hydrogens (primary N) is 1. The lowest BCUT2D eigenvalue weighted by Gasteiger charge is -2.32. The van der Waals surface area contributed by atoms with Gasteiger partial charge in [0.15, 0.2) is 11.6 Å². The molecule has 1 fully saturated rings. The number of aryl methyl sites for hydroxylation is 2. The molecule has 0 atom stereocenters. The number of carbonyl (C=O) groups excluding carboxylic acids is 1. The summed E-state index contributed by atoms with van der Waals surface area (Å²) in [6, 6.07) is 6.19. The molecule has 7 nitrogen and oxygen atoms in total. The zero-order valence-electron chi connectivity index (χ0n) is 16.2. The fourth-order valence-electron chi connectivity index (χ4n) is 3.41. The van der Waals surface area contributed by atoms with E-state index in [0.717, 1.165) is 24.1 Å². The summed E-state index contributed by atoms with van der Waals surface area (Å²) in [7, 11) is 0. The lowest BCUT2D eigenvalue weighted by atomic mass is 9.97. The maximum Gasteiger partial charge on any atom is 0.309 e. The summed E-state index contributed by atoms with van der Waals surface area (Å²) in [6.07, 6.45) is 3.00. The zero-order chi connectivity index (χ0) is 19.4.